The van der Waals surface area contributed by atoms with Gasteiger partial charge in [-0.3, -0.25) is 19.3 Å². The number of hydrogen-bond donors (Lipinski definition) is 4. The molecule has 3 heterocycles. The number of ether oxygens (including phenoxy) is 1. The Labute approximate surface area is 240 Å². The second kappa shape index (κ2) is 10.7. The number of benzene rings is 3. The maximum atomic E-state index is 14.8. The molecule has 12 nitrogen and oxygen atoms in total. The minimum Gasteiger partial charge on any atom is -0.476 e. The second-order valence-corrected chi connectivity index (χ2v) is 11.3. The van der Waals surface area contributed by atoms with Crippen molar-refractivity contribution in [3.8, 4) is 5.75 Å². The number of aryl methyl sites for hydroxylation is 1. The van der Waals surface area contributed by atoms with Crippen LogP contribution in [0.5, 0.6) is 5.75 Å². The van der Waals surface area contributed by atoms with E-state index >= 15 is 0 Å². The van der Waals surface area contributed by atoms with Gasteiger partial charge in [0.1, 0.15) is 5.75 Å². The van der Waals surface area contributed by atoms with Crippen molar-refractivity contribution in [3.63, 3.8) is 0 Å². The van der Waals surface area contributed by atoms with Gasteiger partial charge in [0.25, 0.3) is 16.0 Å². The molecule has 14 heteroatoms. The zero-order valence-electron chi connectivity index (χ0n) is 22.7. The fraction of sp³-hybridized carbons (Fsp3) is 0.143. The quantitative estimate of drug-likeness (QED) is 0.210. The van der Waals surface area contributed by atoms with Crippen LogP contribution in [0.15, 0.2) is 78.0 Å². The number of nitrogens with zero attached hydrogens (tertiary/aromatic N) is 4. The van der Waals surface area contributed by atoms with Gasteiger partial charge in [-0.25, -0.2) is 9.37 Å². The number of hydrogen-bond acceptors (Lipinski definition) is 9. The average Bonchev–Trinajstić information content (AvgIpc) is 3.40. The summed E-state index contributed by atoms with van der Waals surface area (Å²) < 4.78 is 50.2. The number of carbonyl (C=O) groups is 1. The molecule has 5 aromatic rings. The van der Waals surface area contributed by atoms with E-state index < -0.39 is 21.5 Å². The number of aromatic nitrogens is 4. The van der Waals surface area contributed by atoms with Crippen molar-refractivity contribution < 1.29 is 26.9 Å². The fourth-order valence-corrected chi connectivity index (χ4v) is 4.61. The molecule has 6 rings (SSSR count). The molecule has 1 aliphatic heterocycles. The molecule has 0 spiro atoms. The number of rotatable bonds is 4. The number of nitrogens with two attached hydrogens (primary N) is 1. The van der Waals surface area contributed by atoms with Crippen molar-refractivity contribution in [2.24, 2.45) is 0 Å². The highest BCUT2D eigenvalue weighted by atomic mass is 32.2. The molecule has 0 saturated heterocycles. The van der Waals surface area contributed by atoms with E-state index in [4.69, 9.17) is 15.0 Å². The van der Waals surface area contributed by atoms with Crippen molar-refractivity contribution >= 4 is 55.8 Å². The van der Waals surface area contributed by atoms with Crippen LogP contribution in [0.1, 0.15) is 19.4 Å². The standard InChI is InChI=1S/C21H18FN7O2.C7H8O3S/c1-21(2)19(30)26-16-8-13(5-6-17(16)31-21)29(18-14(22)10-24-20(23)27-18)12-4-3-11-9-25-28-15(11)7-12;1-6-2-4-7(5-3-6)11(8,9)10/h3-10H,1-2H3,(H,25,28)(H,26,30)(H2,23,24,27);2-5H,1H3,(H,8,9,10). The Morgan fingerprint density at radius 1 is 1.02 bits per heavy atom. The maximum absolute atomic E-state index is 14.8. The van der Waals surface area contributed by atoms with Gasteiger partial charge in [-0.05, 0) is 69.3 Å². The van der Waals surface area contributed by atoms with Crippen molar-refractivity contribution in [2.75, 3.05) is 16.0 Å². The molecule has 216 valence electrons. The number of nitrogens with one attached hydrogen (secondary N) is 2. The summed E-state index contributed by atoms with van der Waals surface area (Å²) in [4.78, 5) is 21.7. The maximum Gasteiger partial charge on any atom is 0.294 e. The highest BCUT2D eigenvalue weighted by molar-refractivity contribution is 7.85. The van der Waals surface area contributed by atoms with Crippen LogP contribution in [0.25, 0.3) is 10.9 Å². The Kier molecular flexibility index (Phi) is 7.26. The van der Waals surface area contributed by atoms with Crippen molar-refractivity contribution in [3.05, 3.63) is 84.4 Å². The largest absolute Gasteiger partial charge is 0.476 e. The number of amides is 1. The van der Waals surface area contributed by atoms with Crippen LogP contribution in [-0.4, -0.2) is 44.6 Å². The molecule has 0 fully saturated rings. The molecule has 2 aromatic heterocycles. The highest BCUT2D eigenvalue weighted by Gasteiger charge is 2.35. The smallest absolute Gasteiger partial charge is 0.294 e. The molecule has 5 N–H and O–H groups in total. The minimum absolute atomic E-state index is 0.0327. The summed E-state index contributed by atoms with van der Waals surface area (Å²) in [6, 6.07) is 16.6. The average molecular weight is 592 g/mol. The van der Waals surface area contributed by atoms with Crippen LogP contribution >= 0.6 is 0 Å². The Hall–Kier alpha value is -5.08. The van der Waals surface area contributed by atoms with Crippen molar-refractivity contribution in [2.45, 2.75) is 31.3 Å². The number of carbonyl (C=O) groups excluding carboxylic acids is 1. The Bertz CT molecular complexity index is 1910. The first-order valence-electron chi connectivity index (χ1n) is 12.5. The van der Waals surface area contributed by atoms with E-state index in [1.165, 1.54) is 12.1 Å². The Balaban J connectivity index is 0.000000271. The molecule has 0 bridgehead atoms. The van der Waals surface area contributed by atoms with Crippen LogP contribution in [0.3, 0.4) is 0 Å². The third kappa shape index (κ3) is 5.84. The lowest BCUT2D eigenvalue weighted by atomic mass is 10.1. The van der Waals surface area contributed by atoms with Crippen LogP contribution in [-0.2, 0) is 14.9 Å². The molecule has 0 saturated carbocycles. The molecule has 1 amide bonds. The number of H-pyrrole nitrogens is 1. The SMILES string of the molecule is CC1(C)Oc2ccc(N(c3ccc4cn[nH]c4c3)c3nc(N)ncc3F)cc2NC1=O.Cc1ccc(S(=O)(=O)O)cc1. The van der Waals surface area contributed by atoms with Gasteiger partial charge in [0.2, 0.25) is 5.95 Å². The first-order valence-corrected chi connectivity index (χ1v) is 14.0. The van der Waals surface area contributed by atoms with E-state index in [0.717, 1.165) is 22.7 Å². The van der Waals surface area contributed by atoms with E-state index in [2.05, 4.69) is 25.5 Å². The summed E-state index contributed by atoms with van der Waals surface area (Å²) in [5.41, 5.74) is 8.09. The molecule has 3 aromatic carbocycles. The highest BCUT2D eigenvalue weighted by Crippen LogP contribution is 2.41. The third-order valence-electron chi connectivity index (χ3n) is 6.34. The van der Waals surface area contributed by atoms with Gasteiger partial charge in [0.15, 0.2) is 17.2 Å². The molecular formula is C28H26FN7O5S. The summed E-state index contributed by atoms with van der Waals surface area (Å²) in [7, 11) is -4.02. The fourth-order valence-electron chi connectivity index (χ4n) is 4.13. The minimum atomic E-state index is -4.02. The zero-order valence-corrected chi connectivity index (χ0v) is 23.5. The first kappa shape index (κ1) is 28.4. The number of fused-ring (bicyclic) bond motifs is 2. The predicted molar refractivity (Wildman–Crippen MR) is 155 cm³/mol. The normalized spacial score (nSPS) is 13.8. The third-order valence-corrected chi connectivity index (χ3v) is 7.21. The Morgan fingerprint density at radius 3 is 2.43 bits per heavy atom. The zero-order chi connectivity index (χ0) is 30.2. The van der Waals surface area contributed by atoms with Crippen LogP contribution in [0.2, 0.25) is 0 Å². The summed E-state index contributed by atoms with van der Waals surface area (Å²) >= 11 is 0. The van der Waals surface area contributed by atoms with Crippen molar-refractivity contribution in [1.82, 2.24) is 20.2 Å². The van der Waals surface area contributed by atoms with Gasteiger partial charge in [0.05, 0.1) is 34.2 Å². The van der Waals surface area contributed by atoms with E-state index in [1.807, 2.05) is 25.1 Å². The van der Waals surface area contributed by atoms with Gasteiger partial charge in [0, 0.05) is 11.1 Å². The van der Waals surface area contributed by atoms with Gasteiger partial charge in [-0.15, -0.1) is 0 Å². The number of halogens is 1. The first-order chi connectivity index (χ1) is 19.8. The lowest BCUT2D eigenvalue weighted by molar-refractivity contribution is -0.129. The number of aromatic amines is 1. The molecular weight excluding hydrogens is 565 g/mol. The molecule has 0 unspecified atom stereocenters. The lowest BCUT2D eigenvalue weighted by Crippen LogP contribution is -2.45. The van der Waals surface area contributed by atoms with Crippen molar-refractivity contribution in [1.29, 1.82) is 0 Å². The van der Waals surface area contributed by atoms with Gasteiger partial charge in [-0.2, -0.15) is 18.5 Å². The van der Waals surface area contributed by atoms with Crippen LogP contribution in [0.4, 0.5) is 33.2 Å². The number of anilines is 5. The second-order valence-electron chi connectivity index (χ2n) is 9.91. The molecule has 1 aliphatic rings. The Morgan fingerprint density at radius 2 is 1.71 bits per heavy atom. The number of nitrogen functional groups attached to an aromatic ring is 1. The van der Waals surface area contributed by atoms with Gasteiger partial charge >= 0.3 is 0 Å². The van der Waals surface area contributed by atoms with E-state index in [-0.39, 0.29) is 22.6 Å². The summed E-state index contributed by atoms with van der Waals surface area (Å²) in [5, 5.41) is 10.7. The summed E-state index contributed by atoms with van der Waals surface area (Å²) in [6.45, 7) is 5.21. The molecule has 0 atom stereocenters. The predicted octanol–water partition coefficient (Wildman–Crippen LogP) is 4.90. The molecule has 0 radical (unpaired) electrons. The summed E-state index contributed by atoms with van der Waals surface area (Å²) in [6.07, 6.45) is 2.71. The van der Waals surface area contributed by atoms with E-state index in [9.17, 15) is 17.6 Å². The topological polar surface area (TPSA) is 176 Å². The monoisotopic (exact) mass is 591 g/mol. The van der Waals surface area contributed by atoms with E-state index in [0.29, 0.717) is 22.8 Å². The molecule has 42 heavy (non-hydrogen) atoms. The molecule has 0 aliphatic carbocycles. The lowest BCUT2D eigenvalue weighted by Gasteiger charge is -2.32. The van der Waals surface area contributed by atoms with Gasteiger partial charge < -0.3 is 15.8 Å². The summed E-state index contributed by atoms with van der Waals surface area (Å²) in [5.74, 6) is -0.520. The van der Waals surface area contributed by atoms with Crippen LogP contribution < -0.4 is 20.7 Å². The van der Waals surface area contributed by atoms with Gasteiger partial charge in [-0.1, -0.05) is 17.7 Å². The van der Waals surface area contributed by atoms with E-state index in [1.54, 1.807) is 55.3 Å². The van der Waals surface area contributed by atoms with Crippen LogP contribution in [0, 0.1) is 12.7 Å².